The molecule has 1 amide bonds. The molecule has 4 aromatic carbocycles. The molecule has 0 aromatic heterocycles. The zero-order valence-corrected chi connectivity index (χ0v) is 25.1. The van der Waals surface area contributed by atoms with Crippen LogP contribution in [-0.2, 0) is 11.4 Å². The molecule has 0 aliphatic carbocycles. The zero-order chi connectivity index (χ0) is 28.4. The average molecular weight is 608 g/mol. The minimum atomic E-state index is -0.210. The fraction of sp³-hybridized carbons (Fsp3) is 0.125. The van der Waals surface area contributed by atoms with Crippen LogP contribution in [0.25, 0.3) is 6.08 Å². The van der Waals surface area contributed by atoms with Crippen molar-refractivity contribution < 1.29 is 9.53 Å². The fourth-order valence-electron chi connectivity index (χ4n) is 3.98. The first kappa shape index (κ1) is 28.3. The second kappa shape index (κ2) is 12.1. The summed E-state index contributed by atoms with van der Waals surface area (Å²) in [5.41, 5.74) is 6.16. The Morgan fingerprint density at radius 2 is 1.52 bits per heavy atom. The molecule has 0 bridgehead atoms. The number of anilines is 1. The van der Waals surface area contributed by atoms with Crippen molar-refractivity contribution in [2.45, 2.75) is 27.4 Å². The Hall–Kier alpha value is -3.22. The number of hydrogen-bond acceptors (Lipinski definition) is 4. The highest BCUT2D eigenvalue weighted by Crippen LogP contribution is 2.39. The van der Waals surface area contributed by atoms with Crippen molar-refractivity contribution in [2.24, 2.45) is 4.99 Å². The first-order valence-corrected chi connectivity index (χ1v) is 14.5. The molecule has 1 aliphatic rings. The van der Waals surface area contributed by atoms with Crippen LogP contribution in [0, 0.1) is 20.8 Å². The molecule has 0 atom stereocenters. The molecule has 0 saturated carbocycles. The van der Waals surface area contributed by atoms with Gasteiger partial charge < -0.3 is 4.74 Å². The van der Waals surface area contributed by atoms with E-state index in [9.17, 15) is 4.79 Å². The van der Waals surface area contributed by atoms with Crippen molar-refractivity contribution in [3.05, 3.63) is 127 Å². The number of ether oxygens (including phenoxy) is 1. The normalized spacial score (nSPS) is 15.3. The van der Waals surface area contributed by atoms with Gasteiger partial charge in [0.1, 0.15) is 12.4 Å². The number of aliphatic imine (C=N–C) groups is 1. The first-order valence-electron chi connectivity index (χ1n) is 12.5. The first-order chi connectivity index (χ1) is 19.2. The van der Waals surface area contributed by atoms with Crippen LogP contribution < -0.4 is 9.64 Å². The molecule has 1 saturated heterocycles. The van der Waals surface area contributed by atoms with Crippen molar-refractivity contribution in [3.8, 4) is 5.75 Å². The largest absolute Gasteiger partial charge is 0.487 e. The third-order valence-corrected chi connectivity index (χ3v) is 8.45. The highest BCUT2D eigenvalue weighted by atomic mass is 35.5. The van der Waals surface area contributed by atoms with Gasteiger partial charge in [0.05, 0.1) is 21.3 Å². The molecule has 0 N–H and O–H groups in total. The van der Waals surface area contributed by atoms with E-state index < -0.39 is 0 Å². The van der Waals surface area contributed by atoms with E-state index in [4.69, 9.17) is 44.5 Å². The number of amides is 1. The lowest BCUT2D eigenvalue weighted by atomic mass is 10.1. The van der Waals surface area contributed by atoms with Gasteiger partial charge in [-0.3, -0.25) is 9.69 Å². The zero-order valence-electron chi connectivity index (χ0n) is 22.0. The summed E-state index contributed by atoms with van der Waals surface area (Å²) in [6.45, 7) is 6.30. The smallest absolute Gasteiger partial charge is 0.271 e. The number of aryl methyl sites for hydroxylation is 3. The van der Waals surface area contributed by atoms with E-state index in [2.05, 4.69) is 0 Å². The average Bonchev–Trinajstić information content (AvgIpc) is 3.22. The predicted molar refractivity (Wildman–Crippen MR) is 169 cm³/mol. The molecule has 0 radical (unpaired) electrons. The van der Waals surface area contributed by atoms with Crippen LogP contribution in [0.4, 0.5) is 11.4 Å². The van der Waals surface area contributed by atoms with Crippen molar-refractivity contribution in [1.82, 2.24) is 0 Å². The van der Waals surface area contributed by atoms with E-state index in [1.165, 1.54) is 17.3 Å². The fourth-order valence-corrected chi connectivity index (χ4v) is 5.57. The summed E-state index contributed by atoms with van der Waals surface area (Å²) in [5.74, 6) is 0.363. The second-order valence-electron chi connectivity index (χ2n) is 9.48. The molecule has 40 heavy (non-hydrogen) atoms. The van der Waals surface area contributed by atoms with Crippen LogP contribution in [0.15, 0.2) is 88.8 Å². The maximum absolute atomic E-state index is 13.7. The number of hydrogen-bond donors (Lipinski definition) is 0. The van der Waals surface area contributed by atoms with Crippen LogP contribution in [0.2, 0.25) is 15.1 Å². The summed E-state index contributed by atoms with van der Waals surface area (Å²) >= 11 is 20.6. The standard InChI is InChI=1S/C32H25Cl3N2O2S/c1-19-4-8-22(9-5-19)18-39-29-13-10-23(14-28(29)35)15-30-31(38)37(25-12-7-21(3)27(34)17-25)32(40-30)36-24-11-6-20(2)26(33)16-24/h4-17H,18H2,1-3H3/b30-15+,36-32?. The van der Waals surface area contributed by atoms with Gasteiger partial charge in [0.25, 0.3) is 5.91 Å². The van der Waals surface area contributed by atoms with E-state index in [1.54, 1.807) is 29.2 Å². The summed E-state index contributed by atoms with van der Waals surface area (Å²) in [5, 5.41) is 2.14. The van der Waals surface area contributed by atoms with Gasteiger partial charge in [-0.2, -0.15) is 0 Å². The van der Waals surface area contributed by atoms with Gasteiger partial charge in [0, 0.05) is 10.0 Å². The minimum absolute atomic E-state index is 0.210. The lowest BCUT2D eigenvalue weighted by Crippen LogP contribution is -2.28. The summed E-state index contributed by atoms with van der Waals surface area (Å²) in [7, 11) is 0. The van der Waals surface area contributed by atoms with E-state index in [0.717, 1.165) is 22.3 Å². The van der Waals surface area contributed by atoms with Gasteiger partial charge >= 0.3 is 0 Å². The van der Waals surface area contributed by atoms with Gasteiger partial charge in [-0.1, -0.05) is 82.8 Å². The van der Waals surface area contributed by atoms with E-state index in [1.807, 2.05) is 81.4 Å². The Morgan fingerprint density at radius 3 is 2.20 bits per heavy atom. The van der Waals surface area contributed by atoms with E-state index >= 15 is 0 Å². The number of benzene rings is 4. The topological polar surface area (TPSA) is 41.9 Å². The Bertz CT molecular complexity index is 1670. The predicted octanol–water partition coefficient (Wildman–Crippen LogP) is 9.96. The number of nitrogens with zero attached hydrogens (tertiary/aromatic N) is 2. The lowest BCUT2D eigenvalue weighted by molar-refractivity contribution is -0.113. The molecular weight excluding hydrogens is 583 g/mol. The highest BCUT2D eigenvalue weighted by Gasteiger charge is 2.35. The van der Waals surface area contributed by atoms with Gasteiger partial charge in [0.2, 0.25) is 0 Å². The van der Waals surface area contributed by atoms with Gasteiger partial charge in [0.15, 0.2) is 5.17 Å². The molecule has 202 valence electrons. The van der Waals surface area contributed by atoms with Crippen LogP contribution in [0.5, 0.6) is 5.75 Å². The summed E-state index contributed by atoms with van der Waals surface area (Å²) in [6.07, 6.45) is 1.80. The molecule has 0 unspecified atom stereocenters. The van der Waals surface area contributed by atoms with Crippen LogP contribution >= 0.6 is 46.6 Å². The molecular formula is C32H25Cl3N2O2S. The summed E-state index contributed by atoms with van der Waals surface area (Å²) < 4.78 is 5.93. The van der Waals surface area contributed by atoms with Crippen LogP contribution in [-0.4, -0.2) is 11.1 Å². The molecule has 4 aromatic rings. The maximum atomic E-state index is 13.7. The van der Waals surface area contributed by atoms with E-state index in [-0.39, 0.29) is 5.91 Å². The molecule has 4 nitrogen and oxygen atoms in total. The third-order valence-electron chi connectivity index (χ3n) is 6.37. The number of carbonyl (C=O) groups excluding carboxylic acids is 1. The van der Waals surface area contributed by atoms with Gasteiger partial charge in [-0.15, -0.1) is 0 Å². The Balaban J connectivity index is 1.44. The highest BCUT2D eigenvalue weighted by molar-refractivity contribution is 8.19. The SMILES string of the molecule is Cc1ccc(COc2ccc(/C=C3/SC(=Nc4ccc(C)c(Cl)c4)N(c4ccc(C)c(Cl)c4)C3=O)cc2Cl)cc1. The Labute approximate surface area is 253 Å². The van der Waals surface area contributed by atoms with Crippen molar-refractivity contribution in [2.75, 3.05) is 4.90 Å². The maximum Gasteiger partial charge on any atom is 0.271 e. The molecule has 5 rings (SSSR count). The third kappa shape index (κ3) is 6.39. The van der Waals surface area contributed by atoms with E-state index in [0.29, 0.717) is 48.9 Å². The molecule has 0 spiro atoms. The minimum Gasteiger partial charge on any atom is -0.487 e. The molecule has 1 fully saturated rings. The Kier molecular flexibility index (Phi) is 8.57. The monoisotopic (exact) mass is 606 g/mol. The van der Waals surface area contributed by atoms with Crippen molar-refractivity contribution in [1.29, 1.82) is 0 Å². The van der Waals surface area contributed by atoms with Crippen molar-refractivity contribution in [3.63, 3.8) is 0 Å². The van der Waals surface area contributed by atoms with Crippen LogP contribution in [0.3, 0.4) is 0 Å². The van der Waals surface area contributed by atoms with Gasteiger partial charge in [-0.05, 0) is 97.3 Å². The summed E-state index contributed by atoms with van der Waals surface area (Å²) in [4.78, 5) is 20.5. The van der Waals surface area contributed by atoms with Crippen molar-refractivity contribution >= 4 is 75.1 Å². The second-order valence-corrected chi connectivity index (χ2v) is 11.7. The van der Waals surface area contributed by atoms with Crippen LogP contribution in [0.1, 0.15) is 27.8 Å². The quantitative estimate of drug-likeness (QED) is 0.205. The number of carbonyl (C=O) groups is 1. The van der Waals surface area contributed by atoms with Gasteiger partial charge in [-0.25, -0.2) is 4.99 Å². The summed E-state index contributed by atoms with van der Waals surface area (Å²) in [6, 6.07) is 24.7. The number of amidine groups is 1. The number of rotatable bonds is 6. The Morgan fingerprint density at radius 1 is 0.825 bits per heavy atom. The number of thioether (sulfide) groups is 1. The molecule has 8 heteroatoms. The molecule has 1 heterocycles. The molecule has 1 aliphatic heterocycles. The lowest BCUT2D eigenvalue weighted by Gasteiger charge is -2.16. The number of halogens is 3.